The molecule has 1 saturated carbocycles. The first kappa shape index (κ1) is 19.8. The van der Waals surface area contributed by atoms with E-state index in [0.717, 1.165) is 6.92 Å². The molecule has 0 aliphatic heterocycles. The molecule has 1 fully saturated rings. The van der Waals surface area contributed by atoms with Gasteiger partial charge in [0.05, 0.1) is 11.7 Å². The van der Waals surface area contributed by atoms with Crippen LogP contribution in [0.2, 0.25) is 0 Å². The van der Waals surface area contributed by atoms with Crippen molar-refractivity contribution in [3.63, 3.8) is 0 Å². The number of aromatic hydroxyl groups is 1. The second-order valence-electron chi connectivity index (χ2n) is 6.70. The van der Waals surface area contributed by atoms with E-state index in [1.807, 2.05) is 0 Å². The minimum Gasteiger partial charge on any atom is -0.504 e. The molecule has 0 radical (unpaired) electrons. The highest BCUT2D eigenvalue weighted by Gasteiger charge is 2.70. The predicted molar refractivity (Wildman–Crippen MR) is 95.0 cm³/mol. The number of phenolic OH excluding ortho intramolecular Hbond substituents is 1. The number of methoxy groups -OCH3 is 1. The van der Waals surface area contributed by atoms with Gasteiger partial charge in [-0.1, -0.05) is 0 Å². The molecule has 2 aliphatic rings. The molecule has 144 valence electrons. The number of carbonyl (C=O) groups is 4. The Labute approximate surface area is 164 Å². The van der Waals surface area contributed by atoms with E-state index in [-0.39, 0.29) is 29.1 Å². The van der Waals surface area contributed by atoms with Crippen LogP contribution in [0.1, 0.15) is 46.0 Å². The fourth-order valence-electron chi connectivity index (χ4n) is 3.75. The maximum absolute atomic E-state index is 13.3. The predicted octanol–water partition coefficient (Wildman–Crippen LogP) is 2.34. The summed E-state index contributed by atoms with van der Waals surface area (Å²) < 4.78 is 10.2. The molecular formula is C18H16Cl2O7. The number of rotatable bonds is 2. The number of benzene rings is 1. The van der Waals surface area contributed by atoms with Gasteiger partial charge in [-0.05, 0) is 18.6 Å². The minimum atomic E-state index is -2.10. The first-order valence-electron chi connectivity index (χ1n) is 8.06. The van der Waals surface area contributed by atoms with Gasteiger partial charge in [0.15, 0.2) is 27.9 Å². The van der Waals surface area contributed by atoms with Crippen molar-refractivity contribution in [1.29, 1.82) is 0 Å². The van der Waals surface area contributed by atoms with Crippen LogP contribution < -0.4 is 4.74 Å². The second kappa shape index (κ2) is 6.29. The van der Waals surface area contributed by atoms with Gasteiger partial charge in [-0.15, -0.1) is 23.2 Å². The third-order valence-corrected chi connectivity index (χ3v) is 6.44. The topological polar surface area (TPSA) is 107 Å². The highest BCUT2D eigenvalue weighted by molar-refractivity contribution is 6.56. The van der Waals surface area contributed by atoms with E-state index >= 15 is 0 Å². The Morgan fingerprint density at radius 3 is 2.44 bits per heavy atom. The van der Waals surface area contributed by atoms with E-state index in [0.29, 0.717) is 0 Å². The lowest BCUT2D eigenvalue weighted by Gasteiger charge is -2.49. The summed E-state index contributed by atoms with van der Waals surface area (Å²) in [6.45, 7) is 2.62. The van der Waals surface area contributed by atoms with Crippen LogP contribution in [-0.4, -0.2) is 51.4 Å². The maximum Gasteiger partial charge on any atom is 0.308 e. The van der Waals surface area contributed by atoms with E-state index in [9.17, 15) is 24.3 Å². The molecule has 1 N–H and O–H groups in total. The number of aryl methyl sites for hydroxylation is 1. The average molecular weight is 415 g/mol. The quantitative estimate of drug-likeness (QED) is 0.449. The summed E-state index contributed by atoms with van der Waals surface area (Å²) in [6, 6.07) is 1.29. The number of hydrogen-bond acceptors (Lipinski definition) is 7. The second-order valence-corrected chi connectivity index (χ2v) is 7.94. The van der Waals surface area contributed by atoms with Crippen LogP contribution in [0.4, 0.5) is 0 Å². The van der Waals surface area contributed by atoms with Crippen molar-refractivity contribution in [2.45, 2.75) is 42.5 Å². The highest BCUT2D eigenvalue weighted by atomic mass is 35.5. The van der Waals surface area contributed by atoms with Crippen molar-refractivity contribution in [2.24, 2.45) is 0 Å². The molecule has 0 saturated heterocycles. The van der Waals surface area contributed by atoms with Crippen molar-refractivity contribution in [3.8, 4) is 11.5 Å². The van der Waals surface area contributed by atoms with Crippen molar-refractivity contribution >= 4 is 46.5 Å². The standard InChI is InChI=1S/C18H16Cl2O7/c1-7-4-10-12(13(23)14(7)27-8(2)21)16(25)18(20)11(26-3)5-9(22)6-17(18,19)15(10)24/h4,11,23H,5-6H2,1-3H3/t11-,17+,18-/m1/s1. The van der Waals surface area contributed by atoms with Crippen molar-refractivity contribution in [2.75, 3.05) is 7.11 Å². The zero-order chi connectivity index (χ0) is 20.3. The summed E-state index contributed by atoms with van der Waals surface area (Å²) in [5.41, 5.74) is -0.332. The van der Waals surface area contributed by atoms with E-state index < -0.39 is 51.1 Å². The smallest absolute Gasteiger partial charge is 0.308 e. The van der Waals surface area contributed by atoms with E-state index in [1.165, 1.54) is 20.1 Å². The molecule has 3 atom stereocenters. The molecule has 7 nitrogen and oxygen atoms in total. The number of carbonyl (C=O) groups excluding carboxylic acids is 4. The Hall–Kier alpha value is -1.96. The van der Waals surface area contributed by atoms with Crippen LogP contribution in [0.15, 0.2) is 6.07 Å². The first-order chi connectivity index (χ1) is 12.5. The van der Waals surface area contributed by atoms with Gasteiger partial charge in [-0.25, -0.2) is 0 Å². The SMILES string of the molecule is CO[C@@H]1CC(=O)C[C@]2(Cl)C(=O)c3cc(C)c(OC(C)=O)c(O)c3C(=O)[C@]12Cl. The molecule has 0 bridgehead atoms. The molecule has 0 spiro atoms. The zero-order valence-electron chi connectivity index (χ0n) is 14.7. The number of alkyl halides is 2. The highest BCUT2D eigenvalue weighted by Crippen LogP contribution is 2.55. The summed E-state index contributed by atoms with van der Waals surface area (Å²) in [4.78, 5) is 45.8. The number of Topliss-reactive ketones (excluding diaryl/α,β-unsaturated/α-hetero) is 3. The number of ether oxygens (including phenoxy) is 2. The van der Waals surface area contributed by atoms with Gasteiger partial charge in [0.25, 0.3) is 0 Å². The van der Waals surface area contributed by atoms with Crippen molar-refractivity contribution < 1.29 is 33.8 Å². The zero-order valence-corrected chi connectivity index (χ0v) is 16.2. The van der Waals surface area contributed by atoms with Gasteiger partial charge in [0, 0.05) is 32.4 Å². The van der Waals surface area contributed by atoms with Crippen molar-refractivity contribution in [3.05, 3.63) is 22.8 Å². The Morgan fingerprint density at radius 1 is 1.26 bits per heavy atom. The number of fused-ring (bicyclic) bond motifs is 2. The normalized spacial score (nSPS) is 30.0. The molecule has 2 aliphatic carbocycles. The molecule has 1 aromatic rings. The Kier molecular flexibility index (Phi) is 4.61. The van der Waals surface area contributed by atoms with Crippen molar-refractivity contribution in [1.82, 2.24) is 0 Å². The van der Waals surface area contributed by atoms with E-state index in [4.69, 9.17) is 32.7 Å². The number of ketones is 3. The van der Waals surface area contributed by atoms with Gasteiger partial charge in [0.1, 0.15) is 10.7 Å². The molecular weight excluding hydrogens is 399 g/mol. The van der Waals surface area contributed by atoms with Gasteiger partial charge in [-0.3, -0.25) is 19.2 Å². The molecule has 0 aromatic heterocycles. The Balaban J connectivity index is 2.33. The lowest BCUT2D eigenvalue weighted by Crippen LogP contribution is -2.69. The summed E-state index contributed by atoms with van der Waals surface area (Å²) in [7, 11) is 1.25. The molecule has 3 rings (SSSR count). The molecule has 27 heavy (non-hydrogen) atoms. The minimum absolute atomic E-state index is 0.179. The maximum atomic E-state index is 13.3. The average Bonchev–Trinajstić information content (AvgIpc) is 2.58. The Bertz CT molecular complexity index is 909. The largest absolute Gasteiger partial charge is 0.504 e. The number of esters is 1. The van der Waals surface area contributed by atoms with Gasteiger partial charge in [-0.2, -0.15) is 0 Å². The van der Waals surface area contributed by atoms with Crippen LogP contribution in [0.5, 0.6) is 11.5 Å². The fraction of sp³-hybridized carbons (Fsp3) is 0.444. The first-order valence-corrected chi connectivity index (χ1v) is 8.81. The number of hydrogen-bond donors (Lipinski definition) is 1. The third kappa shape index (κ3) is 2.52. The molecule has 0 heterocycles. The van der Waals surface area contributed by atoms with Crippen LogP contribution in [0, 0.1) is 6.92 Å². The number of halogens is 2. The van der Waals surface area contributed by atoms with E-state index in [1.54, 1.807) is 0 Å². The van der Waals surface area contributed by atoms with Crippen LogP contribution in [-0.2, 0) is 14.3 Å². The van der Waals surface area contributed by atoms with Crippen LogP contribution >= 0.6 is 23.2 Å². The van der Waals surface area contributed by atoms with E-state index in [2.05, 4.69) is 0 Å². The van der Waals surface area contributed by atoms with Gasteiger partial charge in [0.2, 0.25) is 0 Å². The summed E-state index contributed by atoms with van der Waals surface area (Å²) >= 11 is 13.1. The molecule has 0 unspecified atom stereocenters. The molecule has 9 heteroatoms. The summed E-state index contributed by atoms with van der Waals surface area (Å²) in [5, 5.41) is 10.6. The third-order valence-electron chi connectivity index (χ3n) is 5.01. The lowest BCUT2D eigenvalue weighted by molar-refractivity contribution is -0.132. The Morgan fingerprint density at radius 2 is 1.89 bits per heavy atom. The summed E-state index contributed by atoms with van der Waals surface area (Å²) in [6.07, 6.45) is -1.81. The van der Waals surface area contributed by atoms with Gasteiger partial charge >= 0.3 is 5.97 Å². The summed E-state index contributed by atoms with van der Waals surface area (Å²) in [5.74, 6) is -3.63. The number of phenols is 1. The molecule has 1 aromatic carbocycles. The van der Waals surface area contributed by atoms with Gasteiger partial charge < -0.3 is 14.6 Å². The fourth-order valence-corrected chi connectivity index (χ4v) is 4.62. The monoisotopic (exact) mass is 414 g/mol. The lowest BCUT2D eigenvalue weighted by atomic mass is 9.64. The van der Waals surface area contributed by atoms with Crippen LogP contribution in [0.25, 0.3) is 0 Å². The molecule has 0 amide bonds. The van der Waals surface area contributed by atoms with Crippen LogP contribution in [0.3, 0.4) is 0 Å².